The van der Waals surface area contributed by atoms with E-state index >= 15 is 0 Å². The normalized spacial score (nSPS) is 14.4. The molecule has 1 N–H and O–H groups in total. The van der Waals surface area contributed by atoms with E-state index in [4.69, 9.17) is 39.9 Å². The van der Waals surface area contributed by atoms with Crippen LogP contribution in [0.25, 0.3) is 17.3 Å². The molecule has 4 aromatic rings. The Morgan fingerprint density at radius 1 is 0.972 bits per heavy atom. The number of carbonyl (C=O) groups excluding carboxylic acids is 1. The maximum atomic E-state index is 13.4. The van der Waals surface area contributed by atoms with Crippen LogP contribution >= 0.6 is 34.8 Å². The summed E-state index contributed by atoms with van der Waals surface area (Å²) in [5, 5.41) is 9.47. The molecule has 2 aromatic heterocycles. The molecule has 8 heteroatoms. The molecule has 182 valence electrons. The number of hydrogen-bond donors (Lipinski definition) is 1. The van der Waals surface area contributed by atoms with Crippen LogP contribution in [-0.4, -0.2) is 20.7 Å². The number of carbonyl (C=O) groups is 1. The van der Waals surface area contributed by atoms with Gasteiger partial charge in [-0.25, -0.2) is 4.68 Å². The summed E-state index contributed by atoms with van der Waals surface area (Å²) in [5.74, 6) is -0.242. The van der Waals surface area contributed by atoms with Crippen LogP contribution in [-0.2, 0) is 13.0 Å². The van der Waals surface area contributed by atoms with Crippen LogP contribution in [0.1, 0.15) is 52.3 Å². The molecule has 0 spiro atoms. The van der Waals surface area contributed by atoms with E-state index in [0.717, 1.165) is 53.8 Å². The lowest BCUT2D eigenvalue weighted by Crippen LogP contribution is -2.25. The Morgan fingerprint density at radius 3 is 2.50 bits per heavy atom. The molecule has 0 atom stereocenters. The second-order valence-electron chi connectivity index (χ2n) is 8.62. The average Bonchev–Trinajstić information content (AvgIpc) is 3.13. The van der Waals surface area contributed by atoms with E-state index in [0.29, 0.717) is 33.0 Å². The van der Waals surface area contributed by atoms with Crippen LogP contribution in [0.5, 0.6) is 0 Å². The number of benzene rings is 2. The Balaban J connectivity index is 1.62. The largest absolute Gasteiger partial charge is 0.345 e. The molecule has 5 rings (SSSR count). The molecule has 0 saturated carbocycles. The minimum Gasteiger partial charge on any atom is -0.345 e. The summed E-state index contributed by atoms with van der Waals surface area (Å²) in [7, 11) is 0. The molecule has 36 heavy (non-hydrogen) atoms. The van der Waals surface area contributed by atoms with Crippen molar-refractivity contribution in [3.8, 4) is 5.69 Å². The molecule has 0 aliphatic heterocycles. The first-order valence-electron chi connectivity index (χ1n) is 11.7. The third-order valence-electron chi connectivity index (χ3n) is 6.13. The van der Waals surface area contributed by atoms with Crippen molar-refractivity contribution in [2.75, 3.05) is 0 Å². The minimum absolute atomic E-state index is 0.242. The Bertz CT molecular complexity index is 1430. The second kappa shape index (κ2) is 10.9. The maximum absolute atomic E-state index is 13.4. The Labute approximate surface area is 224 Å². The van der Waals surface area contributed by atoms with Gasteiger partial charge in [-0.2, -0.15) is 5.10 Å². The number of pyridine rings is 1. The molecule has 1 aliphatic rings. The lowest BCUT2D eigenvalue weighted by atomic mass is 10.0. The number of aromatic nitrogens is 3. The van der Waals surface area contributed by atoms with E-state index in [1.165, 1.54) is 0 Å². The summed E-state index contributed by atoms with van der Waals surface area (Å²) in [6.45, 7) is 0.316. The number of fused-ring (bicyclic) bond motifs is 1. The molecule has 0 fully saturated rings. The van der Waals surface area contributed by atoms with E-state index in [9.17, 15) is 4.79 Å². The molecular weight excluding hydrogens is 515 g/mol. The first-order chi connectivity index (χ1) is 17.5. The van der Waals surface area contributed by atoms with Crippen molar-refractivity contribution in [2.24, 2.45) is 0 Å². The maximum Gasteiger partial charge on any atom is 0.272 e. The summed E-state index contributed by atoms with van der Waals surface area (Å²) in [6.07, 6.45) is 7.38. The van der Waals surface area contributed by atoms with Gasteiger partial charge in [0.15, 0.2) is 5.69 Å². The Kier molecular flexibility index (Phi) is 7.42. The number of hydrogen-bond acceptors (Lipinski definition) is 3. The first kappa shape index (κ1) is 24.6. The first-order valence-corrected chi connectivity index (χ1v) is 12.8. The summed E-state index contributed by atoms with van der Waals surface area (Å²) in [4.78, 5) is 17.7. The fraction of sp³-hybridized carbons (Fsp3) is 0.179. The van der Waals surface area contributed by atoms with Crippen molar-refractivity contribution in [3.05, 3.63) is 110 Å². The molecule has 2 aromatic carbocycles. The monoisotopic (exact) mass is 536 g/mol. The van der Waals surface area contributed by atoms with Gasteiger partial charge < -0.3 is 5.32 Å². The lowest BCUT2D eigenvalue weighted by Gasteiger charge is -2.13. The molecule has 0 bridgehead atoms. The van der Waals surface area contributed by atoms with E-state index in [1.807, 2.05) is 48.5 Å². The van der Waals surface area contributed by atoms with Crippen molar-refractivity contribution < 1.29 is 4.79 Å². The van der Waals surface area contributed by atoms with Crippen LogP contribution in [0.4, 0.5) is 0 Å². The molecule has 1 aliphatic carbocycles. The summed E-state index contributed by atoms with van der Waals surface area (Å²) >= 11 is 18.9. The van der Waals surface area contributed by atoms with Crippen LogP contribution < -0.4 is 5.32 Å². The van der Waals surface area contributed by atoms with Crippen molar-refractivity contribution in [1.29, 1.82) is 0 Å². The summed E-state index contributed by atoms with van der Waals surface area (Å²) < 4.78 is 1.79. The van der Waals surface area contributed by atoms with Gasteiger partial charge in [-0.05, 0) is 85.4 Å². The van der Waals surface area contributed by atoms with Gasteiger partial charge in [0.25, 0.3) is 5.91 Å². The van der Waals surface area contributed by atoms with E-state index in [2.05, 4.69) is 16.4 Å². The molecule has 5 nitrogen and oxygen atoms in total. The highest BCUT2D eigenvalue weighted by atomic mass is 35.5. The number of nitrogens with one attached hydrogen (secondary N) is 1. The van der Waals surface area contributed by atoms with E-state index in [-0.39, 0.29) is 5.91 Å². The standard InChI is InChI=1S/C28H23Cl3N4O/c29-20-10-8-18(9-11-20)15-19-5-1-2-7-23-26(28(36)33-17-22-6-3-4-14-32-22)34-35(27(19)23)25-13-12-21(30)16-24(25)31/h3-4,6,8-16H,1-2,5,7,17H2,(H,33,36). The van der Waals surface area contributed by atoms with Crippen molar-refractivity contribution in [2.45, 2.75) is 32.2 Å². The Morgan fingerprint density at radius 2 is 1.75 bits per heavy atom. The van der Waals surface area contributed by atoms with Gasteiger partial charge in [-0.1, -0.05) is 53.0 Å². The predicted molar refractivity (Wildman–Crippen MR) is 146 cm³/mol. The smallest absolute Gasteiger partial charge is 0.272 e. The van der Waals surface area contributed by atoms with Gasteiger partial charge >= 0.3 is 0 Å². The van der Waals surface area contributed by atoms with Gasteiger partial charge in [-0.3, -0.25) is 9.78 Å². The lowest BCUT2D eigenvalue weighted by molar-refractivity contribution is 0.0944. The SMILES string of the molecule is O=C(NCc1ccccn1)c1nn(-c2ccc(Cl)cc2Cl)c2c1CCCCC2=Cc1ccc(Cl)cc1. The van der Waals surface area contributed by atoms with E-state index < -0.39 is 0 Å². The molecule has 1 amide bonds. The number of allylic oxidation sites excluding steroid dienone is 1. The third kappa shape index (κ3) is 5.34. The number of amides is 1. The quantitative estimate of drug-likeness (QED) is 0.269. The van der Waals surface area contributed by atoms with E-state index in [1.54, 1.807) is 23.0 Å². The average molecular weight is 538 g/mol. The topological polar surface area (TPSA) is 59.8 Å². The van der Waals surface area contributed by atoms with Crippen LogP contribution in [0.3, 0.4) is 0 Å². The minimum atomic E-state index is -0.242. The zero-order valence-electron chi connectivity index (χ0n) is 19.3. The molecular formula is C28H23Cl3N4O. The molecule has 0 saturated heterocycles. The Hall–Kier alpha value is -3.12. The number of halogens is 3. The van der Waals surface area contributed by atoms with Gasteiger partial charge in [0.1, 0.15) is 0 Å². The molecule has 2 heterocycles. The number of rotatable bonds is 5. The fourth-order valence-electron chi connectivity index (χ4n) is 4.42. The number of nitrogens with zero attached hydrogens (tertiary/aromatic N) is 3. The van der Waals surface area contributed by atoms with Crippen molar-refractivity contribution >= 4 is 52.4 Å². The van der Waals surface area contributed by atoms with Gasteiger partial charge in [-0.15, -0.1) is 0 Å². The zero-order valence-corrected chi connectivity index (χ0v) is 21.6. The highest BCUT2D eigenvalue weighted by Crippen LogP contribution is 2.37. The zero-order chi connectivity index (χ0) is 25.1. The van der Waals surface area contributed by atoms with Gasteiger partial charge in [0.2, 0.25) is 0 Å². The second-order valence-corrected chi connectivity index (χ2v) is 9.90. The highest BCUT2D eigenvalue weighted by Gasteiger charge is 2.28. The third-order valence-corrected chi connectivity index (χ3v) is 6.92. The van der Waals surface area contributed by atoms with Gasteiger partial charge in [0, 0.05) is 21.8 Å². The summed E-state index contributed by atoms with van der Waals surface area (Å²) in [6, 6.07) is 18.6. The van der Waals surface area contributed by atoms with Crippen molar-refractivity contribution in [1.82, 2.24) is 20.1 Å². The van der Waals surface area contributed by atoms with Gasteiger partial charge in [0.05, 0.1) is 28.6 Å². The predicted octanol–water partition coefficient (Wildman–Crippen LogP) is 7.42. The van der Waals surface area contributed by atoms with Crippen molar-refractivity contribution in [3.63, 3.8) is 0 Å². The van der Waals surface area contributed by atoms with Crippen LogP contribution in [0.15, 0.2) is 66.9 Å². The highest BCUT2D eigenvalue weighted by molar-refractivity contribution is 6.35. The molecule has 0 radical (unpaired) electrons. The van der Waals surface area contributed by atoms with Crippen LogP contribution in [0, 0.1) is 0 Å². The summed E-state index contributed by atoms with van der Waals surface area (Å²) in [5.41, 5.74) is 5.78. The van der Waals surface area contributed by atoms with Crippen LogP contribution in [0.2, 0.25) is 15.1 Å². The fourth-order valence-corrected chi connectivity index (χ4v) is 5.03. The molecule has 0 unspecified atom stereocenters.